The second kappa shape index (κ2) is 11.5. The summed E-state index contributed by atoms with van der Waals surface area (Å²) < 4.78 is 11.6. The average Bonchev–Trinajstić information content (AvgIpc) is 3.34. The molecule has 4 rings (SSSR count). The van der Waals surface area contributed by atoms with Gasteiger partial charge in [0.25, 0.3) is 0 Å². The first-order valence-corrected chi connectivity index (χ1v) is 11.7. The minimum Gasteiger partial charge on any atom is -0.487 e. The summed E-state index contributed by atoms with van der Waals surface area (Å²) in [5, 5.41) is 29.8. The summed E-state index contributed by atoms with van der Waals surface area (Å²) in [6, 6.07) is 17.8. The molecule has 8 heteroatoms. The third kappa shape index (κ3) is 5.71. The van der Waals surface area contributed by atoms with Crippen LogP contribution in [0.3, 0.4) is 0 Å². The van der Waals surface area contributed by atoms with Crippen molar-refractivity contribution in [2.45, 2.75) is 33.6 Å². The van der Waals surface area contributed by atoms with Crippen LogP contribution in [-0.4, -0.2) is 33.6 Å². The van der Waals surface area contributed by atoms with Gasteiger partial charge in [-0.2, -0.15) is 0 Å². The van der Waals surface area contributed by atoms with Crippen molar-refractivity contribution in [1.29, 1.82) is 0 Å². The first-order chi connectivity index (χ1) is 17.0. The zero-order valence-electron chi connectivity index (χ0n) is 19.7. The maximum absolute atomic E-state index is 9.25. The molecule has 0 radical (unpaired) electrons. The van der Waals surface area contributed by atoms with Crippen LogP contribution in [-0.2, 0) is 19.8 Å². The van der Waals surface area contributed by atoms with Gasteiger partial charge in [-0.05, 0) is 65.4 Å². The number of aliphatic hydroxyl groups is 2. The van der Waals surface area contributed by atoms with Crippen LogP contribution >= 0.6 is 11.6 Å². The third-order valence-electron chi connectivity index (χ3n) is 5.90. The molecule has 1 heterocycles. The Morgan fingerprint density at radius 1 is 0.943 bits per heavy atom. The fourth-order valence-corrected chi connectivity index (χ4v) is 4.21. The lowest BCUT2D eigenvalue weighted by atomic mass is 9.91. The summed E-state index contributed by atoms with van der Waals surface area (Å²) in [6.45, 7) is 5.45. The molecule has 182 valence electrons. The number of nitrogens with one attached hydrogen (secondary N) is 1. The highest BCUT2D eigenvalue weighted by Crippen LogP contribution is 2.34. The van der Waals surface area contributed by atoms with Crippen molar-refractivity contribution in [3.63, 3.8) is 0 Å². The first kappa shape index (κ1) is 24.9. The zero-order chi connectivity index (χ0) is 24.8. The van der Waals surface area contributed by atoms with Crippen LogP contribution in [0.25, 0.3) is 22.6 Å². The van der Waals surface area contributed by atoms with Crippen LogP contribution in [0.5, 0.6) is 5.75 Å². The smallest absolute Gasteiger partial charge is 0.248 e. The monoisotopic (exact) mass is 493 g/mol. The summed E-state index contributed by atoms with van der Waals surface area (Å²) in [5.74, 6) is 1.19. The highest BCUT2D eigenvalue weighted by Gasteiger charge is 2.16. The van der Waals surface area contributed by atoms with Crippen LogP contribution in [0.2, 0.25) is 5.02 Å². The van der Waals surface area contributed by atoms with Gasteiger partial charge in [0.15, 0.2) is 0 Å². The normalized spacial score (nSPS) is 11.1. The third-order valence-corrected chi connectivity index (χ3v) is 6.20. The summed E-state index contributed by atoms with van der Waals surface area (Å²) >= 11 is 6.45. The number of halogens is 1. The molecule has 0 fully saturated rings. The first-order valence-electron chi connectivity index (χ1n) is 11.4. The number of hydrogen-bond acceptors (Lipinski definition) is 7. The summed E-state index contributed by atoms with van der Waals surface area (Å²) in [6.07, 6.45) is 0. The molecule has 0 spiro atoms. The average molecular weight is 494 g/mol. The van der Waals surface area contributed by atoms with Crippen molar-refractivity contribution in [2.75, 3.05) is 13.2 Å². The lowest BCUT2D eigenvalue weighted by Gasteiger charge is -2.16. The van der Waals surface area contributed by atoms with E-state index in [0.717, 1.165) is 38.9 Å². The number of aliphatic hydroxyl groups excluding tert-OH is 2. The molecule has 0 unspecified atom stereocenters. The molecule has 0 amide bonds. The Morgan fingerprint density at radius 3 is 2.40 bits per heavy atom. The van der Waals surface area contributed by atoms with E-state index in [0.29, 0.717) is 36.4 Å². The largest absolute Gasteiger partial charge is 0.487 e. The van der Waals surface area contributed by atoms with Crippen molar-refractivity contribution in [3.05, 3.63) is 87.8 Å². The van der Waals surface area contributed by atoms with Gasteiger partial charge in [-0.15, -0.1) is 10.2 Å². The number of hydrogen-bond donors (Lipinski definition) is 3. The molecule has 1 aromatic heterocycles. The highest BCUT2D eigenvalue weighted by molar-refractivity contribution is 6.32. The Kier molecular flexibility index (Phi) is 8.15. The standard InChI is InChI=1S/C27H28ClN3O4/c1-17-20(16-34-25-10-9-19(13-24(25)28)14-29-11-12-32)5-3-6-21(17)22-7-4-8-23(18(22)2)27-31-30-26(15-33)35-27/h3-10,13,29,32-33H,11-12,14-16H2,1-2H3. The van der Waals surface area contributed by atoms with E-state index in [1.54, 1.807) is 0 Å². The maximum atomic E-state index is 9.25. The van der Waals surface area contributed by atoms with Gasteiger partial charge in [0, 0.05) is 18.7 Å². The Bertz CT molecular complexity index is 1310. The van der Waals surface area contributed by atoms with Gasteiger partial charge >= 0.3 is 0 Å². The van der Waals surface area contributed by atoms with Gasteiger partial charge < -0.3 is 24.7 Å². The second-order valence-corrected chi connectivity index (χ2v) is 8.59. The lowest BCUT2D eigenvalue weighted by molar-refractivity contribution is 0.241. The summed E-state index contributed by atoms with van der Waals surface area (Å²) in [7, 11) is 0. The lowest BCUT2D eigenvalue weighted by Crippen LogP contribution is -2.17. The van der Waals surface area contributed by atoms with Crippen molar-refractivity contribution in [2.24, 2.45) is 0 Å². The van der Waals surface area contributed by atoms with Crippen molar-refractivity contribution in [1.82, 2.24) is 15.5 Å². The van der Waals surface area contributed by atoms with E-state index in [-0.39, 0.29) is 19.1 Å². The van der Waals surface area contributed by atoms with Crippen LogP contribution in [0.1, 0.15) is 28.1 Å². The van der Waals surface area contributed by atoms with Crippen molar-refractivity contribution >= 4 is 11.6 Å². The van der Waals surface area contributed by atoms with Gasteiger partial charge in [0.1, 0.15) is 19.0 Å². The summed E-state index contributed by atoms with van der Waals surface area (Å²) in [5.41, 5.74) is 7.17. The number of aromatic nitrogens is 2. The molecule has 0 aliphatic heterocycles. The topological polar surface area (TPSA) is 101 Å². The minimum absolute atomic E-state index is 0.0960. The fraction of sp³-hybridized carbons (Fsp3) is 0.259. The Morgan fingerprint density at radius 2 is 1.69 bits per heavy atom. The Balaban J connectivity index is 1.54. The van der Waals surface area contributed by atoms with Crippen LogP contribution in [0.15, 0.2) is 59.0 Å². The minimum atomic E-state index is -0.291. The summed E-state index contributed by atoms with van der Waals surface area (Å²) in [4.78, 5) is 0. The number of benzene rings is 3. The molecule has 3 N–H and O–H groups in total. The van der Waals surface area contributed by atoms with E-state index >= 15 is 0 Å². The van der Waals surface area contributed by atoms with E-state index in [1.165, 1.54) is 0 Å². The molecular weight excluding hydrogens is 466 g/mol. The molecule has 0 aliphatic rings. The highest BCUT2D eigenvalue weighted by atomic mass is 35.5. The molecular formula is C27H28ClN3O4. The van der Waals surface area contributed by atoms with E-state index in [1.807, 2.05) is 49.4 Å². The molecule has 0 saturated carbocycles. The van der Waals surface area contributed by atoms with Gasteiger partial charge in [-0.25, -0.2) is 0 Å². The van der Waals surface area contributed by atoms with Crippen molar-refractivity contribution in [3.8, 4) is 28.3 Å². The number of ether oxygens (including phenoxy) is 1. The SMILES string of the molecule is Cc1c(COc2ccc(CNCCO)cc2Cl)cccc1-c1cccc(-c2nnc(CO)o2)c1C. The second-order valence-electron chi connectivity index (χ2n) is 8.18. The molecule has 35 heavy (non-hydrogen) atoms. The van der Waals surface area contributed by atoms with Crippen LogP contribution in [0, 0.1) is 13.8 Å². The quantitative estimate of drug-likeness (QED) is 0.272. The molecule has 0 aliphatic carbocycles. The van der Waals surface area contributed by atoms with Crippen molar-refractivity contribution < 1.29 is 19.4 Å². The van der Waals surface area contributed by atoms with Crippen LogP contribution in [0.4, 0.5) is 0 Å². The molecule has 0 atom stereocenters. The van der Waals surface area contributed by atoms with E-state index < -0.39 is 0 Å². The zero-order valence-corrected chi connectivity index (χ0v) is 20.5. The number of rotatable bonds is 10. The van der Waals surface area contributed by atoms with E-state index in [4.69, 9.17) is 25.9 Å². The Labute approximate surface area is 209 Å². The molecule has 0 bridgehead atoms. The predicted octanol–water partition coefficient (Wildman–Crippen LogP) is 4.83. The predicted molar refractivity (Wildman–Crippen MR) is 135 cm³/mol. The molecule has 0 saturated heterocycles. The Hall–Kier alpha value is -3.23. The van der Waals surface area contributed by atoms with E-state index in [9.17, 15) is 5.11 Å². The van der Waals surface area contributed by atoms with Gasteiger partial charge in [-0.3, -0.25) is 0 Å². The van der Waals surface area contributed by atoms with E-state index in [2.05, 4.69) is 34.6 Å². The van der Waals surface area contributed by atoms with Gasteiger partial charge in [-0.1, -0.05) is 48.0 Å². The van der Waals surface area contributed by atoms with Gasteiger partial charge in [0.2, 0.25) is 11.8 Å². The van der Waals surface area contributed by atoms with Crippen LogP contribution < -0.4 is 10.1 Å². The van der Waals surface area contributed by atoms with Gasteiger partial charge in [0.05, 0.1) is 11.6 Å². The molecule has 7 nitrogen and oxygen atoms in total. The molecule has 4 aromatic rings. The number of nitrogens with zero attached hydrogens (tertiary/aromatic N) is 2. The fourth-order valence-electron chi connectivity index (χ4n) is 3.96. The molecule has 3 aromatic carbocycles. The maximum Gasteiger partial charge on any atom is 0.248 e.